The Kier molecular flexibility index (Phi) is 6.66. The van der Waals surface area contributed by atoms with Crippen molar-refractivity contribution < 1.29 is 5.11 Å². The Morgan fingerprint density at radius 3 is 2.15 bits per heavy atom. The quantitative estimate of drug-likeness (QED) is 0.767. The van der Waals surface area contributed by atoms with Gasteiger partial charge in [-0.3, -0.25) is 4.90 Å². The van der Waals surface area contributed by atoms with Gasteiger partial charge in [0, 0.05) is 18.6 Å². The van der Waals surface area contributed by atoms with Crippen molar-refractivity contribution in [3.05, 3.63) is 35.9 Å². The molecule has 2 atom stereocenters. The predicted molar refractivity (Wildman–Crippen MR) is 85.9 cm³/mol. The van der Waals surface area contributed by atoms with E-state index in [4.69, 9.17) is 0 Å². The number of rotatable bonds is 8. The third-order valence-corrected chi connectivity index (χ3v) is 4.11. The summed E-state index contributed by atoms with van der Waals surface area (Å²) in [6.45, 7) is 13.0. The second-order valence-electron chi connectivity index (χ2n) is 5.93. The topological polar surface area (TPSA) is 35.5 Å². The van der Waals surface area contributed by atoms with Gasteiger partial charge in [0.05, 0.1) is 5.60 Å². The fourth-order valence-corrected chi connectivity index (χ4v) is 2.34. The molecule has 0 fully saturated rings. The Hall–Kier alpha value is -0.900. The van der Waals surface area contributed by atoms with Crippen LogP contribution in [0.25, 0.3) is 0 Å². The van der Waals surface area contributed by atoms with Gasteiger partial charge >= 0.3 is 0 Å². The van der Waals surface area contributed by atoms with Gasteiger partial charge in [-0.05, 0) is 39.4 Å². The second-order valence-corrected chi connectivity index (χ2v) is 5.93. The van der Waals surface area contributed by atoms with E-state index in [-0.39, 0.29) is 6.04 Å². The lowest BCUT2D eigenvalue weighted by atomic mass is 9.99. The minimum Gasteiger partial charge on any atom is -0.389 e. The molecule has 0 aliphatic heterocycles. The van der Waals surface area contributed by atoms with E-state index in [1.165, 1.54) is 5.56 Å². The fraction of sp³-hybridized carbons (Fsp3) is 0.647. The van der Waals surface area contributed by atoms with Crippen molar-refractivity contribution in [3.8, 4) is 0 Å². The zero-order chi connectivity index (χ0) is 15.2. The molecule has 0 amide bonds. The highest BCUT2D eigenvalue weighted by molar-refractivity contribution is 5.19. The highest BCUT2D eigenvalue weighted by Crippen LogP contribution is 2.20. The highest BCUT2D eigenvalue weighted by atomic mass is 16.3. The molecule has 0 aliphatic rings. The molecule has 2 unspecified atom stereocenters. The number of likely N-dealkylation sites (N-methyl/N-ethyl adjacent to an activating group) is 1. The Labute approximate surface area is 124 Å². The zero-order valence-electron chi connectivity index (χ0n) is 13.6. The van der Waals surface area contributed by atoms with Gasteiger partial charge in [-0.2, -0.15) is 0 Å². The van der Waals surface area contributed by atoms with Crippen LogP contribution >= 0.6 is 0 Å². The predicted octanol–water partition coefficient (Wildman–Crippen LogP) is 2.82. The molecule has 0 radical (unpaired) electrons. The molecule has 0 saturated heterocycles. The summed E-state index contributed by atoms with van der Waals surface area (Å²) in [5, 5.41) is 13.5. The zero-order valence-corrected chi connectivity index (χ0v) is 13.6. The maximum Gasteiger partial charge on any atom is 0.0741 e. The number of hydrogen-bond acceptors (Lipinski definition) is 3. The molecule has 0 aliphatic carbocycles. The van der Waals surface area contributed by atoms with Gasteiger partial charge in [-0.15, -0.1) is 0 Å². The molecular weight excluding hydrogens is 248 g/mol. The van der Waals surface area contributed by atoms with Crippen molar-refractivity contribution in [2.45, 2.75) is 52.3 Å². The SMILES string of the molecule is CCN(CC)C(CNC(C)C(C)(C)O)c1ccccc1. The van der Waals surface area contributed by atoms with Crippen LogP contribution in [0.3, 0.4) is 0 Å². The van der Waals surface area contributed by atoms with Gasteiger partial charge in [0.1, 0.15) is 0 Å². The molecule has 2 N–H and O–H groups in total. The first-order valence-corrected chi connectivity index (χ1v) is 7.64. The van der Waals surface area contributed by atoms with E-state index in [0.29, 0.717) is 6.04 Å². The Bertz CT molecular complexity index is 368. The fourth-order valence-electron chi connectivity index (χ4n) is 2.34. The van der Waals surface area contributed by atoms with Crippen LogP contribution in [0.2, 0.25) is 0 Å². The lowest BCUT2D eigenvalue weighted by Crippen LogP contribution is -2.47. The van der Waals surface area contributed by atoms with Crippen molar-refractivity contribution in [1.29, 1.82) is 0 Å². The van der Waals surface area contributed by atoms with Crippen LogP contribution in [0, 0.1) is 0 Å². The summed E-state index contributed by atoms with van der Waals surface area (Å²) < 4.78 is 0. The van der Waals surface area contributed by atoms with Crippen LogP contribution in [-0.4, -0.2) is 41.3 Å². The third-order valence-electron chi connectivity index (χ3n) is 4.11. The van der Waals surface area contributed by atoms with Gasteiger partial charge < -0.3 is 10.4 Å². The Morgan fingerprint density at radius 1 is 1.15 bits per heavy atom. The molecule has 0 aromatic heterocycles. The lowest BCUT2D eigenvalue weighted by Gasteiger charge is -2.34. The van der Waals surface area contributed by atoms with E-state index in [1.807, 2.05) is 20.8 Å². The molecular formula is C17H30N2O. The summed E-state index contributed by atoms with van der Waals surface area (Å²) >= 11 is 0. The van der Waals surface area contributed by atoms with Crippen molar-refractivity contribution in [1.82, 2.24) is 10.2 Å². The average molecular weight is 278 g/mol. The smallest absolute Gasteiger partial charge is 0.0741 e. The second kappa shape index (κ2) is 7.77. The molecule has 0 spiro atoms. The van der Waals surface area contributed by atoms with Gasteiger partial charge in [0.2, 0.25) is 0 Å². The molecule has 20 heavy (non-hydrogen) atoms. The van der Waals surface area contributed by atoms with Crippen LogP contribution in [0.4, 0.5) is 0 Å². The number of benzene rings is 1. The number of nitrogens with zero attached hydrogens (tertiary/aromatic N) is 1. The van der Waals surface area contributed by atoms with Gasteiger partial charge in [-0.1, -0.05) is 44.2 Å². The van der Waals surface area contributed by atoms with E-state index >= 15 is 0 Å². The third kappa shape index (κ3) is 4.89. The summed E-state index contributed by atoms with van der Waals surface area (Å²) in [5.41, 5.74) is 0.622. The summed E-state index contributed by atoms with van der Waals surface area (Å²) in [6.07, 6.45) is 0. The van der Waals surface area contributed by atoms with E-state index in [9.17, 15) is 5.11 Å². The maximum atomic E-state index is 10.0. The van der Waals surface area contributed by atoms with Crippen molar-refractivity contribution in [3.63, 3.8) is 0 Å². The summed E-state index contributed by atoms with van der Waals surface area (Å²) in [6, 6.07) is 11.0. The van der Waals surface area contributed by atoms with Gasteiger partial charge in [0.25, 0.3) is 0 Å². The molecule has 1 aromatic carbocycles. The maximum absolute atomic E-state index is 10.0. The molecule has 0 bridgehead atoms. The minimum atomic E-state index is -0.704. The van der Waals surface area contributed by atoms with Crippen molar-refractivity contribution >= 4 is 0 Å². The van der Waals surface area contributed by atoms with Crippen LogP contribution < -0.4 is 5.32 Å². The molecule has 114 valence electrons. The van der Waals surface area contributed by atoms with Crippen LogP contribution in [0.1, 0.15) is 46.2 Å². The monoisotopic (exact) mass is 278 g/mol. The summed E-state index contributed by atoms with van der Waals surface area (Å²) in [4.78, 5) is 2.44. The molecule has 0 heterocycles. The number of nitrogens with one attached hydrogen (secondary N) is 1. The Balaban J connectivity index is 2.79. The number of hydrogen-bond donors (Lipinski definition) is 2. The Morgan fingerprint density at radius 2 is 1.70 bits per heavy atom. The van der Waals surface area contributed by atoms with E-state index < -0.39 is 5.60 Å². The minimum absolute atomic E-state index is 0.0595. The first kappa shape index (κ1) is 17.2. The van der Waals surface area contributed by atoms with Crippen LogP contribution in [0.15, 0.2) is 30.3 Å². The molecule has 3 nitrogen and oxygen atoms in total. The molecule has 1 aromatic rings. The first-order valence-electron chi connectivity index (χ1n) is 7.64. The van der Waals surface area contributed by atoms with E-state index in [0.717, 1.165) is 19.6 Å². The van der Waals surface area contributed by atoms with Gasteiger partial charge in [-0.25, -0.2) is 0 Å². The number of aliphatic hydroxyl groups is 1. The molecule has 1 rings (SSSR count). The summed E-state index contributed by atoms with van der Waals surface area (Å²) in [7, 11) is 0. The van der Waals surface area contributed by atoms with Crippen LogP contribution in [-0.2, 0) is 0 Å². The van der Waals surface area contributed by atoms with Crippen LogP contribution in [0.5, 0.6) is 0 Å². The van der Waals surface area contributed by atoms with E-state index in [1.54, 1.807) is 0 Å². The average Bonchev–Trinajstić information content (AvgIpc) is 2.43. The lowest BCUT2D eigenvalue weighted by molar-refractivity contribution is 0.0409. The van der Waals surface area contributed by atoms with Crippen molar-refractivity contribution in [2.75, 3.05) is 19.6 Å². The highest BCUT2D eigenvalue weighted by Gasteiger charge is 2.24. The standard InChI is InChI=1S/C17H30N2O/c1-6-19(7-2)16(15-11-9-8-10-12-15)13-18-14(3)17(4,5)20/h8-12,14,16,18,20H,6-7,13H2,1-5H3. The van der Waals surface area contributed by atoms with E-state index in [2.05, 4.69) is 54.4 Å². The first-order chi connectivity index (χ1) is 9.40. The largest absolute Gasteiger partial charge is 0.389 e. The normalized spacial score (nSPS) is 15.3. The van der Waals surface area contributed by atoms with Crippen molar-refractivity contribution in [2.24, 2.45) is 0 Å². The summed E-state index contributed by atoms with van der Waals surface area (Å²) in [5.74, 6) is 0. The van der Waals surface area contributed by atoms with Gasteiger partial charge in [0.15, 0.2) is 0 Å². The molecule has 0 saturated carbocycles. The molecule has 3 heteroatoms.